The smallest absolute Gasteiger partial charge is 0.291 e. The first-order chi connectivity index (χ1) is 14.0. The average molecular weight is 409 g/mol. The molecule has 2 amide bonds. The second-order valence-electron chi connectivity index (χ2n) is 6.04. The number of methoxy groups -OCH3 is 1. The summed E-state index contributed by atoms with van der Waals surface area (Å²) in [5.74, 6) is 0.340. The summed E-state index contributed by atoms with van der Waals surface area (Å²) in [6.07, 6.45) is 1.62. The minimum Gasteiger partial charge on any atom is -0.497 e. The maximum absolute atomic E-state index is 12.2. The van der Waals surface area contributed by atoms with Crippen LogP contribution in [0.15, 0.2) is 71.3 Å². The van der Waals surface area contributed by atoms with Gasteiger partial charge in [-0.15, -0.1) is 0 Å². The molecule has 3 aromatic rings. The van der Waals surface area contributed by atoms with Crippen molar-refractivity contribution in [3.05, 3.63) is 78.3 Å². The van der Waals surface area contributed by atoms with Gasteiger partial charge >= 0.3 is 0 Å². The molecule has 3 rings (SSSR count). The summed E-state index contributed by atoms with van der Waals surface area (Å²) < 4.78 is 10.2. The summed E-state index contributed by atoms with van der Waals surface area (Å²) in [5, 5.41) is 8.46. The first-order valence-electron chi connectivity index (χ1n) is 8.72. The molecule has 0 saturated heterocycles. The van der Waals surface area contributed by atoms with Gasteiger partial charge in [0.2, 0.25) is 5.91 Å². The maximum Gasteiger partial charge on any atom is 0.291 e. The van der Waals surface area contributed by atoms with Gasteiger partial charge < -0.3 is 25.1 Å². The van der Waals surface area contributed by atoms with Gasteiger partial charge in [-0.2, -0.15) is 0 Å². The molecule has 0 fully saturated rings. The molecule has 1 aromatic heterocycles. The molecule has 0 aliphatic heterocycles. The van der Waals surface area contributed by atoms with Crippen molar-refractivity contribution in [1.29, 1.82) is 0 Å². The minimum atomic E-state index is -0.359. The molecule has 2 aromatic carbocycles. The van der Waals surface area contributed by atoms with Gasteiger partial charge in [-0.3, -0.25) is 9.59 Å². The molecule has 0 aliphatic carbocycles. The van der Waals surface area contributed by atoms with Crippen LogP contribution in [0.5, 0.6) is 5.75 Å². The van der Waals surface area contributed by atoms with Gasteiger partial charge in [-0.25, -0.2) is 0 Å². The number of carbonyl (C=O) groups is 2. The molecule has 0 atom stereocenters. The number of hydrogen-bond acceptors (Lipinski definition) is 5. The summed E-state index contributed by atoms with van der Waals surface area (Å²) in [4.78, 5) is 24.2. The third-order valence-electron chi connectivity index (χ3n) is 3.90. The molecule has 8 heteroatoms. The lowest BCUT2D eigenvalue weighted by Gasteiger charge is -2.11. The highest BCUT2D eigenvalue weighted by Crippen LogP contribution is 2.16. The highest BCUT2D eigenvalue weighted by Gasteiger charge is 2.10. The van der Waals surface area contributed by atoms with Crippen molar-refractivity contribution in [3.63, 3.8) is 0 Å². The van der Waals surface area contributed by atoms with E-state index in [9.17, 15) is 9.59 Å². The summed E-state index contributed by atoms with van der Waals surface area (Å²) in [6, 6.07) is 17.4. The minimum absolute atomic E-state index is 0.165. The van der Waals surface area contributed by atoms with E-state index in [1.807, 2.05) is 12.1 Å². The molecule has 7 nitrogen and oxygen atoms in total. The number of anilines is 2. The van der Waals surface area contributed by atoms with Crippen molar-refractivity contribution in [3.8, 4) is 5.75 Å². The van der Waals surface area contributed by atoms with Crippen LogP contribution >= 0.6 is 12.2 Å². The monoisotopic (exact) mass is 409 g/mol. The van der Waals surface area contributed by atoms with Gasteiger partial charge in [0.1, 0.15) is 5.75 Å². The molecule has 0 saturated carbocycles. The largest absolute Gasteiger partial charge is 0.497 e. The van der Waals surface area contributed by atoms with Crippen LogP contribution in [0, 0.1) is 0 Å². The fraction of sp³-hybridized carbons (Fsp3) is 0.0952. The van der Waals surface area contributed by atoms with Crippen molar-refractivity contribution in [2.45, 2.75) is 6.42 Å². The standard InChI is InChI=1S/C21H19N3O4S/c1-27-17-9-7-14(8-10-17)12-19(25)24-21(29)23-16-5-2-4-15(13-16)22-20(26)18-6-3-11-28-18/h2-11,13H,12H2,1H3,(H,22,26)(H2,23,24,25,29). The Labute approximate surface area is 173 Å². The zero-order valence-electron chi connectivity index (χ0n) is 15.6. The van der Waals surface area contributed by atoms with Crippen LogP contribution in [0.3, 0.4) is 0 Å². The van der Waals surface area contributed by atoms with Crippen molar-refractivity contribution in [1.82, 2.24) is 5.32 Å². The van der Waals surface area contributed by atoms with E-state index in [4.69, 9.17) is 21.4 Å². The molecule has 29 heavy (non-hydrogen) atoms. The summed E-state index contributed by atoms with van der Waals surface area (Å²) in [5.41, 5.74) is 2.02. The molecule has 0 spiro atoms. The lowest BCUT2D eigenvalue weighted by molar-refractivity contribution is -0.119. The van der Waals surface area contributed by atoms with Crippen LogP contribution in [-0.4, -0.2) is 24.0 Å². The van der Waals surface area contributed by atoms with Gasteiger partial charge in [0, 0.05) is 11.4 Å². The topological polar surface area (TPSA) is 92.6 Å². The summed E-state index contributed by atoms with van der Waals surface area (Å²) >= 11 is 5.20. The number of benzene rings is 2. The van der Waals surface area contributed by atoms with Crippen LogP contribution < -0.4 is 20.7 Å². The number of hydrogen-bond donors (Lipinski definition) is 3. The normalized spacial score (nSPS) is 10.1. The van der Waals surface area contributed by atoms with Gasteiger partial charge in [0.25, 0.3) is 5.91 Å². The molecule has 148 valence electrons. The molecular weight excluding hydrogens is 390 g/mol. The summed E-state index contributed by atoms with van der Waals surface area (Å²) in [7, 11) is 1.59. The van der Waals surface area contributed by atoms with E-state index >= 15 is 0 Å². The molecule has 1 heterocycles. The first kappa shape index (κ1) is 20.1. The number of ether oxygens (including phenoxy) is 1. The van der Waals surface area contributed by atoms with E-state index in [2.05, 4.69) is 16.0 Å². The van der Waals surface area contributed by atoms with Crippen molar-refractivity contribution >= 4 is 40.5 Å². The fourth-order valence-electron chi connectivity index (χ4n) is 2.54. The number of rotatable bonds is 6. The number of furan rings is 1. The van der Waals surface area contributed by atoms with Crippen LogP contribution in [0.25, 0.3) is 0 Å². The number of nitrogens with one attached hydrogen (secondary N) is 3. The van der Waals surface area contributed by atoms with E-state index in [1.165, 1.54) is 6.26 Å². The molecule has 0 aliphatic rings. The predicted molar refractivity (Wildman–Crippen MR) is 114 cm³/mol. The van der Waals surface area contributed by atoms with Crippen LogP contribution in [0.2, 0.25) is 0 Å². The van der Waals surface area contributed by atoms with E-state index < -0.39 is 0 Å². The van der Waals surface area contributed by atoms with E-state index in [0.29, 0.717) is 11.4 Å². The van der Waals surface area contributed by atoms with Crippen molar-refractivity contribution in [2.75, 3.05) is 17.7 Å². The van der Waals surface area contributed by atoms with Gasteiger partial charge in [-0.1, -0.05) is 18.2 Å². The second-order valence-corrected chi connectivity index (χ2v) is 6.45. The van der Waals surface area contributed by atoms with Gasteiger partial charge in [0.05, 0.1) is 19.8 Å². The summed E-state index contributed by atoms with van der Waals surface area (Å²) in [6.45, 7) is 0. The number of thiocarbonyl (C=S) groups is 1. The Morgan fingerprint density at radius 3 is 2.38 bits per heavy atom. The SMILES string of the molecule is COc1ccc(CC(=O)NC(=S)Nc2cccc(NC(=O)c3ccco3)c2)cc1. The Balaban J connectivity index is 1.53. The fourth-order valence-corrected chi connectivity index (χ4v) is 2.77. The zero-order chi connectivity index (χ0) is 20.6. The Hall–Kier alpha value is -3.65. The average Bonchev–Trinajstić information content (AvgIpc) is 3.23. The van der Waals surface area contributed by atoms with Crippen LogP contribution in [0.4, 0.5) is 11.4 Å². The Morgan fingerprint density at radius 1 is 1.00 bits per heavy atom. The Bertz CT molecular complexity index is 1000. The highest BCUT2D eigenvalue weighted by molar-refractivity contribution is 7.80. The second kappa shape index (κ2) is 9.52. The van der Waals surface area contributed by atoms with Gasteiger partial charge in [-0.05, 0) is 60.2 Å². The quantitative estimate of drug-likeness (QED) is 0.539. The molecule has 0 unspecified atom stereocenters. The zero-order valence-corrected chi connectivity index (χ0v) is 16.4. The van der Waals surface area contributed by atoms with Gasteiger partial charge in [0.15, 0.2) is 10.9 Å². The number of carbonyl (C=O) groups excluding carboxylic acids is 2. The maximum atomic E-state index is 12.2. The van der Waals surface area contributed by atoms with Crippen molar-refractivity contribution in [2.24, 2.45) is 0 Å². The van der Waals surface area contributed by atoms with E-state index in [-0.39, 0.29) is 29.1 Å². The molecule has 0 bridgehead atoms. The van der Waals surface area contributed by atoms with Crippen LogP contribution in [-0.2, 0) is 11.2 Å². The third-order valence-corrected chi connectivity index (χ3v) is 4.10. The third kappa shape index (κ3) is 5.91. The van der Waals surface area contributed by atoms with E-state index in [1.54, 1.807) is 55.6 Å². The Morgan fingerprint density at radius 2 is 1.72 bits per heavy atom. The van der Waals surface area contributed by atoms with Crippen molar-refractivity contribution < 1.29 is 18.7 Å². The molecular formula is C21H19N3O4S. The molecule has 0 radical (unpaired) electrons. The number of amides is 2. The van der Waals surface area contributed by atoms with Crippen LogP contribution in [0.1, 0.15) is 16.1 Å². The predicted octanol–water partition coefficient (Wildman–Crippen LogP) is 3.60. The van der Waals surface area contributed by atoms with E-state index in [0.717, 1.165) is 11.3 Å². The highest BCUT2D eigenvalue weighted by atomic mass is 32.1. The lowest BCUT2D eigenvalue weighted by Crippen LogP contribution is -2.35. The lowest BCUT2D eigenvalue weighted by atomic mass is 10.1. The molecule has 3 N–H and O–H groups in total. The first-order valence-corrected chi connectivity index (χ1v) is 9.13. The Kier molecular flexibility index (Phi) is 6.59.